The van der Waals surface area contributed by atoms with Crippen molar-refractivity contribution in [2.45, 2.75) is 18.7 Å². The van der Waals surface area contributed by atoms with Crippen LogP contribution in [-0.4, -0.2) is 17.0 Å². The largest absolute Gasteiger partial charge is 0.428 e. The highest BCUT2D eigenvalue weighted by atomic mass is 35.5. The molecule has 0 aliphatic carbocycles. The van der Waals surface area contributed by atoms with Crippen LogP contribution >= 0.6 is 23.2 Å². The minimum atomic E-state index is -4.89. The van der Waals surface area contributed by atoms with E-state index in [0.29, 0.717) is 5.56 Å². The second-order valence-electron chi connectivity index (χ2n) is 7.91. The first-order valence-electron chi connectivity index (χ1n) is 10.3. The lowest BCUT2D eigenvalue weighted by Gasteiger charge is -2.28. The maximum absolute atomic E-state index is 14.3. The van der Waals surface area contributed by atoms with E-state index >= 15 is 0 Å². The van der Waals surface area contributed by atoms with Crippen LogP contribution in [0, 0.1) is 17.0 Å². The molecule has 0 saturated carbocycles. The van der Waals surface area contributed by atoms with Crippen LogP contribution in [0.4, 0.5) is 24.5 Å². The molecule has 0 aromatic heterocycles. The van der Waals surface area contributed by atoms with Crippen molar-refractivity contribution < 1.29 is 27.7 Å². The number of aryl methyl sites for hydroxylation is 1. The van der Waals surface area contributed by atoms with Crippen molar-refractivity contribution in [2.75, 3.05) is 5.32 Å². The number of para-hydroxylation sites is 1. The SMILES string of the molecule is Cc1ccc(C2=CC(c3cc(Cl)cc(Cl)c3)(C(F)(F)F)ON2)cc1NC(=O)c1ccccc1[N+](=O)[O-]. The van der Waals surface area contributed by atoms with Crippen molar-refractivity contribution in [1.82, 2.24) is 5.48 Å². The molecule has 1 heterocycles. The van der Waals surface area contributed by atoms with E-state index in [1.165, 1.54) is 42.5 Å². The van der Waals surface area contributed by atoms with E-state index in [-0.39, 0.29) is 43.8 Å². The monoisotopic (exact) mass is 537 g/mol. The lowest BCUT2D eigenvalue weighted by Crippen LogP contribution is -2.42. The fourth-order valence-corrected chi connectivity index (χ4v) is 4.22. The van der Waals surface area contributed by atoms with Gasteiger partial charge in [-0.25, -0.2) is 0 Å². The van der Waals surface area contributed by atoms with Crippen LogP contribution in [0.2, 0.25) is 10.0 Å². The van der Waals surface area contributed by atoms with Gasteiger partial charge in [0.15, 0.2) is 0 Å². The Balaban J connectivity index is 1.72. The standard InChI is InChI=1S/C24H16Cl2F3N3O4/c1-13-6-7-14(8-19(13)30-22(33)18-4-2-3-5-21(18)32(34)35)20-12-23(36-31-20,24(27,28)29)15-9-16(25)11-17(26)10-15/h2-12,31H,1H3,(H,30,33). The van der Waals surface area contributed by atoms with E-state index in [4.69, 9.17) is 28.0 Å². The molecule has 12 heteroatoms. The first kappa shape index (κ1) is 25.5. The number of hydrogen-bond donors (Lipinski definition) is 2. The van der Waals surface area contributed by atoms with Crippen LogP contribution in [0.5, 0.6) is 0 Å². The zero-order valence-electron chi connectivity index (χ0n) is 18.3. The van der Waals surface area contributed by atoms with Gasteiger partial charge in [0.2, 0.25) is 5.60 Å². The van der Waals surface area contributed by atoms with E-state index in [1.807, 2.05) is 0 Å². The van der Waals surface area contributed by atoms with Gasteiger partial charge in [-0.15, -0.1) is 0 Å². The Morgan fingerprint density at radius 1 is 1.08 bits per heavy atom. The maximum Gasteiger partial charge on any atom is 0.428 e. The predicted molar refractivity (Wildman–Crippen MR) is 129 cm³/mol. The van der Waals surface area contributed by atoms with Crippen molar-refractivity contribution in [3.05, 3.63) is 109 Å². The topological polar surface area (TPSA) is 93.5 Å². The summed E-state index contributed by atoms with van der Waals surface area (Å²) in [4.78, 5) is 28.4. The van der Waals surface area contributed by atoms with Crippen LogP contribution in [0.15, 0.2) is 66.7 Å². The lowest BCUT2D eigenvalue weighted by atomic mass is 9.91. The van der Waals surface area contributed by atoms with Gasteiger partial charge in [0.25, 0.3) is 11.6 Å². The molecule has 1 aliphatic rings. The van der Waals surface area contributed by atoms with Crippen molar-refractivity contribution in [3.63, 3.8) is 0 Å². The minimum Gasteiger partial charge on any atom is -0.322 e. The number of benzene rings is 3. The summed E-state index contributed by atoms with van der Waals surface area (Å²) in [7, 11) is 0. The third kappa shape index (κ3) is 4.75. The third-order valence-corrected chi connectivity index (χ3v) is 5.96. The van der Waals surface area contributed by atoms with E-state index in [0.717, 1.165) is 18.2 Å². The highest BCUT2D eigenvalue weighted by molar-refractivity contribution is 6.34. The van der Waals surface area contributed by atoms with Gasteiger partial charge < -0.3 is 5.32 Å². The van der Waals surface area contributed by atoms with Crippen LogP contribution in [-0.2, 0) is 10.4 Å². The quantitative estimate of drug-likeness (QED) is 0.276. The fraction of sp³-hybridized carbons (Fsp3) is 0.125. The number of alkyl halides is 3. The first-order valence-corrected chi connectivity index (χ1v) is 11.0. The van der Waals surface area contributed by atoms with Gasteiger partial charge in [0, 0.05) is 32.9 Å². The molecule has 3 aromatic rings. The molecular weight excluding hydrogens is 522 g/mol. The number of hydroxylamine groups is 1. The van der Waals surface area contributed by atoms with E-state index in [1.54, 1.807) is 13.0 Å². The van der Waals surface area contributed by atoms with Gasteiger partial charge in [-0.1, -0.05) is 47.5 Å². The van der Waals surface area contributed by atoms with Crippen molar-refractivity contribution in [1.29, 1.82) is 0 Å². The van der Waals surface area contributed by atoms with Crippen molar-refractivity contribution in [3.8, 4) is 0 Å². The lowest BCUT2D eigenvalue weighted by molar-refractivity contribution is -0.385. The normalized spacial score (nSPS) is 17.3. The molecule has 1 atom stereocenters. The predicted octanol–water partition coefficient (Wildman–Crippen LogP) is 6.80. The Morgan fingerprint density at radius 3 is 2.39 bits per heavy atom. The number of carbonyl (C=O) groups is 1. The van der Waals surface area contributed by atoms with Gasteiger partial charge in [-0.05, 0) is 48.9 Å². The molecule has 3 aromatic carbocycles. The second-order valence-corrected chi connectivity index (χ2v) is 8.78. The third-order valence-electron chi connectivity index (χ3n) is 5.52. The summed E-state index contributed by atoms with van der Waals surface area (Å²) in [6, 6.07) is 13.5. The summed E-state index contributed by atoms with van der Waals surface area (Å²) in [6.45, 7) is 1.67. The van der Waals surface area contributed by atoms with Crippen LogP contribution < -0.4 is 10.8 Å². The molecule has 1 amide bonds. The summed E-state index contributed by atoms with van der Waals surface area (Å²) < 4.78 is 42.8. The van der Waals surface area contributed by atoms with Gasteiger partial charge in [0.05, 0.1) is 10.6 Å². The van der Waals surface area contributed by atoms with Crippen molar-refractivity contribution >= 4 is 46.2 Å². The number of nitrogens with zero attached hydrogens (tertiary/aromatic N) is 1. The smallest absolute Gasteiger partial charge is 0.322 e. The van der Waals surface area contributed by atoms with Gasteiger partial charge in [0.1, 0.15) is 5.56 Å². The van der Waals surface area contributed by atoms with Gasteiger partial charge in [-0.3, -0.25) is 25.2 Å². The van der Waals surface area contributed by atoms with Gasteiger partial charge in [-0.2, -0.15) is 13.2 Å². The second kappa shape index (κ2) is 9.45. The molecule has 7 nitrogen and oxygen atoms in total. The highest BCUT2D eigenvalue weighted by Crippen LogP contribution is 2.48. The fourth-order valence-electron chi connectivity index (χ4n) is 3.69. The number of carbonyl (C=O) groups excluding carboxylic acids is 1. The average molecular weight is 538 g/mol. The molecule has 1 unspecified atom stereocenters. The molecule has 1 aliphatic heterocycles. The Labute approximate surface area is 212 Å². The Kier molecular flexibility index (Phi) is 6.70. The Morgan fingerprint density at radius 2 is 1.75 bits per heavy atom. The number of nitro benzene ring substituents is 1. The summed E-state index contributed by atoms with van der Waals surface area (Å²) in [6.07, 6.45) is -4.03. The molecule has 0 saturated heterocycles. The maximum atomic E-state index is 14.3. The Bertz CT molecular complexity index is 1390. The summed E-state index contributed by atoms with van der Waals surface area (Å²) in [5, 5.41) is 13.9. The minimum absolute atomic E-state index is 0.00177. The molecule has 36 heavy (non-hydrogen) atoms. The summed E-state index contributed by atoms with van der Waals surface area (Å²) >= 11 is 11.9. The van der Waals surface area contributed by atoms with E-state index in [2.05, 4.69) is 10.8 Å². The zero-order valence-corrected chi connectivity index (χ0v) is 19.8. The van der Waals surface area contributed by atoms with Crippen LogP contribution in [0.25, 0.3) is 5.70 Å². The Hall–Kier alpha value is -3.60. The molecule has 0 spiro atoms. The van der Waals surface area contributed by atoms with Crippen molar-refractivity contribution in [2.24, 2.45) is 0 Å². The summed E-state index contributed by atoms with van der Waals surface area (Å²) in [5.74, 6) is -0.745. The molecule has 0 fully saturated rings. The summed E-state index contributed by atoms with van der Waals surface area (Å²) in [5.41, 5.74) is -0.375. The first-order chi connectivity index (χ1) is 16.9. The van der Waals surface area contributed by atoms with Crippen LogP contribution in [0.3, 0.4) is 0 Å². The number of hydrogen-bond acceptors (Lipinski definition) is 5. The number of nitrogens with one attached hydrogen (secondary N) is 2. The number of amides is 1. The van der Waals surface area contributed by atoms with E-state index in [9.17, 15) is 28.1 Å². The highest BCUT2D eigenvalue weighted by Gasteiger charge is 2.59. The molecule has 2 N–H and O–H groups in total. The molecule has 186 valence electrons. The van der Waals surface area contributed by atoms with Crippen LogP contribution in [0.1, 0.15) is 27.0 Å². The zero-order chi connectivity index (χ0) is 26.3. The molecule has 0 radical (unpaired) electrons. The van der Waals surface area contributed by atoms with Gasteiger partial charge >= 0.3 is 6.18 Å². The average Bonchev–Trinajstić information content (AvgIpc) is 3.27. The number of nitro groups is 1. The molecule has 0 bridgehead atoms. The number of anilines is 1. The molecule has 4 rings (SSSR count). The van der Waals surface area contributed by atoms with E-state index < -0.39 is 22.6 Å². The number of halogens is 5. The number of rotatable bonds is 5. The molecular formula is C24H16Cl2F3N3O4.